The lowest BCUT2D eigenvalue weighted by Crippen LogP contribution is -1.99. The van der Waals surface area contributed by atoms with Crippen molar-refractivity contribution >= 4 is 29.1 Å². The van der Waals surface area contributed by atoms with Gasteiger partial charge in [0.1, 0.15) is 5.03 Å². The zero-order valence-corrected chi connectivity index (χ0v) is 12.8. The van der Waals surface area contributed by atoms with Crippen molar-refractivity contribution in [3.63, 3.8) is 0 Å². The molecule has 0 amide bonds. The molecule has 0 atom stereocenters. The summed E-state index contributed by atoms with van der Waals surface area (Å²) < 4.78 is 6.14. The fraction of sp³-hybridized carbons (Fsp3) is 0.308. The molecule has 2 heterocycles. The number of aliphatic carboxylic acids is 1. The molecule has 1 N–H and O–H groups in total. The summed E-state index contributed by atoms with van der Waals surface area (Å²) in [5.74, 6) is -0.263. The van der Waals surface area contributed by atoms with Crippen molar-refractivity contribution < 1.29 is 14.6 Å². The van der Waals surface area contributed by atoms with E-state index in [0.29, 0.717) is 12.5 Å². The Morgan fingerprint density at radius 2 is 2.25 bits per heavy atom. The maximum absolute atomic E-state index is 10.7. The number of aromatic nitrogens is 2. The van der Waals surface area contributed by atoms with E-state index < -0.39 is 5.97 Å². The Hall–Kier alpha value is -1.60. The van der Waals surface area contributed by atoms with Crippen molar-refractivity contribution in [2.45, 2.75) is 29.6 Å². The zero-order valence-electron chi connectivity index (χ0n) is 11.1. The van der Waals surface area contributed by atoms with Crippen LogP contribution < -0.4 is 4.74 Å². The highest BCUT2D eigenvalue weighted by molar-refractivity contribution is 8.01. The van der Waals surface area contributed by atoms with Crippen molar-refractivity contribution in [1.82, 2.24) is 9.97 Å². The van der Waals surface area contributed by atoms with Crippen LogP contribution in [-0.4, -0.2) is 27.7 Å². The first kappa shape index (κ1) is 14.8. The van der Waals surface area contributed by atoms with Gasteiger partial charge < -0.3 is 9.84 Å². The van der Waals surface area contributed by atoms with Crippen molar-refractivity contribution in [3.05, 3.63) is 28.8 Å². The summed E-state index contributed by atoms with van der Waals surface area (Å²) >= 11 is 2.81. The fourth-order valence-electron chi connectivity index (χ4n) is 1.52. The smallest absolute Gasteiger partial charge is 0.308 e. The fourth-order valence-corrected chi connectivity index (χ4v) is 3.67. The maximum Gasteiger partial charge on any atom is 0.308 e. The van der Waals surface area contributed by atoms with Crippen LogP contribution in [0.5, 0.6) is 5.88 Å². The minimum atomic E-state index is -0.843. The molecular formula is C13H14N2O3S2. The number of nitrogens with zero attached hydrogens (tertiary/aromatic N) is 2. The number of aryl methyl sites for hydroxylation is 1. The van der Waals surface area contributed by atoms with E-state index in [9.17, 15) is 4.79 Å². The molecule has 0 saturated carbocycles. The number of carboxylic acid groups (broad SMARTS) is 1. The second-order valence-corrected chi connectivity index (χ2v) is 6.26. The molecule has 0 aromatic carbocycles. The number of pyridine rings is 1. The van der Waals surface area contributed by atoms with Gasteiger partial charge in [0.25, 0.3) is 0 Å². The van der Waals surface area contributed by atoms with Gasteiger partial charge in [-0.25, -0.2) is 9.97 Å². The quantitative estimate of drug-likeness (QED) is 0.884. The van der Waals surface area contributed by atoms with E-state index in [-0.39, 0.29) is 6.42 Å². The number of rotatable bonds is 6. The van der Waals surface area contributed by atoms with E-state index >= 15 is 0 Å². The molecule has 0 radical (unpaired) electrons. The largest absolute Gasteiger partial charge is 0.481 e. The third-order valence-electron chi connectivity index (χ3n) is 2.37. The standard InChI is InChI=1S/C13H14N2O3S2/c1-3-18-10-5-4-6-11(15-10)20-13-14-8(2)9(19-13)7-12(16)17/h4-6H,3,7H2,1-2H3,(H,16,17). The Kier molecular flexibility index (Phi) is 4.97. The number of hydrogen-bond acceptors (Lipinski definition) is 6. The third kappa shape index (κ3) is 3.94. The first-order valence-corrected chi connectivity index (χ1v) is 7.67. The molecule has 0 aliphatic rings. The SMILES string of the molecule is CCOc1cccc(Sc2nc(C)c(CC(=O)O)s2)n1. The Labute approximate surface area is 125 Å². The lowest BCUT2D eigenvalue weighted by Gasteiger charge is -2.02. The summed E-state index contributed by atoms with van der Waals surface area (Å²) in [5, 5.41) is 9.61. The number of hydrogen-bond donors (Lipinski definition) is 1. The first-order chi connectivity index (χ1) is 9.58. The molecule has 0 aliphatic carbocycles. The van der Waals surface area contributed by atoms with Crippen LogP contribution in [0, 0.1) is 6.92 Å². The summed E-state index contributed by atoms with van der Waals surface area (Å²) in [7, 11) is 0. The van der Waals surface area contributed by atoms with Crippen LogP contribution in [0.2, 0.25) is 0 Å². The van der Waals surface area contributed by atoms with E-state index in [0.717, 1.165) is 19.9 Å². The maximum atomic E-state index is 10.7. The van der Waals surface area contributed by atoms with Crippen LogP contribution in [0.15, 0.2) is 27.6 Å². The van der Waals surface area contributed by atoms with Gasteiger partial charge in [0.2, 0.25) is 5.88 Å². The molecule has 0 saturated heterocycles. The van der Waals surface area contributed by atoms with Crippen LogP contribution in [-0.2, 0) is 11.2 Å². The number of carboxylic acids is 1. The molecule has 0 unspecified atom stereocenters. The molecule has 5 nitrogen and oxygen atoms in total. The van der Waals surface area contributed by atoms with Gasteiger partial charge in [-0.3, -0.25) is 4.79 Å². The molecule has 2 aromatic heterocycles. The lowest BCUT2D eigenvalue weighted by molar-refractivity contribution is -0.136. The molecule has 20 heavy (non-hydrogen) atoms. The minimum absolute atomic E-state index is 0.0104. The number of ether oxygens (including phenoxy) is 1. The van der Waals surface area contributed by atoms with Crippen molar-refractivity contribution in [1.29, 1.82) is 0 Å². The molecular weight excluding hydrogens is 296 g/mol. The molecule has 2 aromatic rings. The van der Waals surface area contributed by atoms with Crippen LogP contribution in [0.25, 0.3) is 0 Å². The van der Waals surface area contributed by atoms with E-state index in [2.05, 4.69) is 9.97 Å². The molecule has 106 valence electrons. The highest BCUT2D eigenvalue weighted by Gasteiger charge is 2.12. The summed E-state index contributed by atoms with van der Waals surface area (Å²) in [6.07, 6.45) is 0.0104. The van der Waals surface area contributed by atoms with Gasteiger partial charge >= 0.3 is 5.97 Å². The highest BCUT2D eigenvalue weighted by Crippen LogP contribution is 2.32. The number of thiazole rings is 1. The predicted molar refractivity (Wildman–Crippen MR) is 77.7 cm³/mol. The predicted octanol–water partition coefficient (Wildman–Crippen LogP) is 3.02. The molecule has 0 bridgehead atoms. The lowest BCUT2D eigenvalue weighted by atomic mass is 10.3. The van der Waals surface area contributed by atoms with E-state index in [1.807, 2.05) is 26.0 Å². The molecule has 0 fully saturated rings. The number of carbonyl (C=O) groups is 1. The van der Waals surface area contributed by atoms with E-state index in [4.69, 9.17) is 9.84 Å². The summed E-state index contributed by atoms with van der Waals surface area (Å²) in [4.78, 5) is 20.2. The van der Waals surface area contributed by atoms with Gasteiger partial charge in [-0.1, -0.05) is 6.07 Å². The van der Waals surface area contributed by atoms with Gasteiger partial charge in [-0.15, -0.1) is 11.3 Å². The Balaban J connectivity index is 2.13. The van der Waals surface area contributed by atoms with Gasteiger partial charge in [-0.05, 0) is 31.7 Å². The van der Waals surface area contributed by atoms with Gasteiger partial charge in [0, 0.05) is 10.9 Å². The van der Waals surface area contributed by atoms with Crippen molar-refractivity contribution in [2.24, 2.45) is 0 Å². The summed E-state index contributed by atoms with van der Waals surface area (Å²) in [5.41, 5.74) is 0.765. The monoisotopic (exact) mass is 310 g/mol. The van der Waals surface area contributed by atoms with Crippen LogP contribution in [0.4, 0.5) is 0 Å². The highest BCUT2D eigenvalue weighted by atomic mass is 32.2. The molecule has 0 aliphatic heterocycles. The van der Waals surface area contributed by atoms with Crippen molar-refractivity contribution in [2.75, 3.05) is 6.61 Å². The summed E-state index contributed by atoms with van der Waals surface area (Å²) in [6, 6.07) is 5.55. The Bertz CT molecular complexity index is 613. The minimum Gasteiger partial charge on any atom is -0.481 e. The Morgan fingerprint density at radius 1 is 1.45 bits per heavy atom. The molecule has 0 spiro atoms. The first-order valence-electron chi connectivity index (χ1n) is 6.04. The van der Waals surface area contributed by atoms with E-state index in [1.165, 1.54) is 23.1 Å². The molecule has 7 heteroatoms. The van der Waals surface area contributed by atoms with Crippen LogP contribution in [0.3, 0.4) is 0 Å². The average Bonchev–Trinajstić information content (AvgIpc) is 2.69. The molecule has 2 rings (SSSR count). The average molecular weight is 310 g/mol. The van der Waals surface area contributed by atoms with Crippen LogP contribution in [0.1, 0.15) is 17.5 Å². The van der Waals surface area contributed by atoms with Gasteiger partial charge in [0.15, 0.2) is 4.34 Å². The third-order valence-corrected chi connectivity index (χ3v) is 4.52. The Morgan fingerprint density at radius 3 is 2.95 bits per heavy atom. The normalized spacial score (nSPS) is 10.5. The topological polar surface area (TPSA) is 72.3 Å². The second-order valence-electron chi connectivity index (χ2n) is 3.91. The van der Waals surface area contributed by atoms with E-state index in [1.54, 1.807) is 6.07 Å². The van der Waals surface area contributed by atoms with Crippen LogP contribution >= 0.6 is 23.1 Å². The van der Waals surface area contributed by atoms with Gasteiger partial charge in [-0.2, -0.15) is 0 Å². The zero-order chi connectivity index (χ0) is 14.5. The van der Waals surface area contributed by atoms with Crippen molar-refractivity contribution in [3.8, 4) is 5.88 Å². The second kappa shape index (κ2) is 6.71. The summed E-state index contributed by atoms with van der Waals surface area (Å²) in [6.45, 7) is 4.30. The van der Waals surface area contributed by atoms with Gasteiger partial charge in [0.05, 0.1) is 18.7 Å².